The van der Waals surface area contributed by atoms with Crippen LogP contribution in [0.4, 0.5) is 0 Å². The van der Waals surface area contributed by atoms with E-state index in [0.29, 0.717) is 6.42 Å². The average Bonchev–Trinajstić information content (AvgIpc) is 2.19. The fraction of sp³-hybridized carbons (Fsp3) is 0.727. The van der Waals surface area contributed by atoms with Gasteiger partial charge in [0, 0.05) is 0 Å². The van der Waals surface area contributed by atoms with Gasteiger partial charge in [-0.1, -0.05) is 12.5 Å². The summed E-state index contributed by atoms with van der Waals surface area (Å²) >= 11 is 0. The van der Waals surface area contributed by atoms with Gasteiger partial charge in [0.05, 0.1) is 0 Å². The van der Waals surface area contributed by atoms with E-state index in [0.717, 1.165) is 25.7 Å². The standard InChI is InChI=1S/C11H19NO2/c1-2-6-10(12)11(13)14-9-7-4-3-5-8-9/h2,9-10H,1,3-8,12H2. The van der Waals surface area contributed by atoms with Crippen LogP contribution in [0.25, 0.3) is 0 Å². The van der Waals surface area contributed by atoms with Crippen LogP contribution >= 0.6 is 0 Å². The highest BCUT2D eigenvalue weighted by molar-refractivity contribution is 5.75. The Morgan fingerprint density at radius 3 is 2.71 bits per heavy atom. The topological polar surface area (TPSA) is 52.3 Å². The average molecular weight is 197 g/mol. The third-order valence-electron chi connectivity index (χ3n) is 2.56. The Labute approximate surface area is 85.3 Å². The molecule has 1 atom stereocenters. The molecule has 1 rings (SSSR count). The molecule has 3 heteroatoms. The molecule has 2 N–H and O–H groups in total. The van der Waals surface area contributed by atoms with E-state index in [4.69, 9.17) is 10.5 Å². The van der Waals surface area contributed by atoms with Gasteiger partial charge in [-0.2, -0.15) is 0 Å². The molecule has 0 radical (unpaired) electrons. The number of carbonyl (C=O) groups is 1. The first-order chi connectivity index (χ1) is 6.74. The van der Waals surface area contributed by atoms with Crippen LogP contribution in [0, 0.1) is 0 Å². The van der Waals surface area contributed by atoms with Crippen LogP contribution in [0.15, 0.2) is 12.7 Å². The Bertz CT molecular complexity index is 197. The van der Waals surface area contributed by atoms with Crippen LogP contribution < -0.4 is 5.73 Å². The molecule has 0 aromatic carbocycles. The second kappa shape index (κ2) is 5.81. The smallest absolute Gasteiger partial charge is 0.323 e. The first kappa shape index (κ1) is 11.2. The Kier molecular flexibility index (Phi) is 4.66. The van der Waals surface area contributed by atoms with E-state index < -0.39 is 6.04 Å². The molecular formula is C11H19NO2. The molecular weight excluding hydrogens is 178 g/mol. The fourth-order valence-electron chi connectivity index (χ4n) is 1.71. The zero-order valence-corrected chi connectivity index (χ0v) is 8.58. The molecule has 0 aromatic heterocycles. The van der Waals surface area contributed by atoms with E-state index in [9.17, 15) is 4.79 Å². The lowest BCUT2D eigenvalue weighted by molar-refractivity contribution is -0.152. The highest BCUT2D eigenvalue weighted by Crippen LogP contribution is 2.20. The molecule has 0 amide bonds. The van der Waals surface area contributed by atoms with Gasteiger partial charge in [-0.25, -0.2) is 0 Å². The van der Waals surface area contributed by atoms with Crippen molar-refractivity contribution in [2.45, 2.75) is 50.7 Å². The second-order valence-corrected chi connectivity index (χ2v) is 3.83. The minimum Gasteiger partial charge on any atom is -0.461 e. The van der Waals surface area contributed by atoms with Crippen LogP contribution in [0.5, 0.6) is 0 Å². The predicted molar refractivity (Wildman–Crippen MR) is 55.8 cm³/mol. The van der Waals surface area contributed by atoms with Crippen molar-refractivity contribution in [2.24, 2.45) is 5.73 Å². The molecule has 1 aliphatic carbocycles. The van der Waals surface area contributed by atoms with Gasteiger partial charge in [-0.15, -0.1) is 6.58 Å². The summed E-state index contributed by atoms with van der Waals surface area (Å²) in [5.74, 6) is -0.281. The molecule has 0 aliphatic heterocycles. The lowest BCUT2D eigenvalue weighted by atomic mass is 9.98. The first-order valence-electron chi connectivity index (χ1n) is 5.31. The summed E-state index contributed by atoms with van der Waals surface area (Å²) in [5, 5.41) is 0. The first-order valence-corrected chi connectivity index (χ1v) is 5.31. The molecule has 0 spiro atoms. The molecule has 1 fully saturated rings. The highest BCUT2D eigenvalue weighted by Gasteiger charge is 2.20. The normalized spacial score (nSPS) is 20.1. The summed E-state index contributed by atoms with van der Waals surface area (Å²) < 4.78 is 5.29. The maximum absolute atomic E-state index is 11.4. The summed E-state index contributed by atoms with van der Waals surface area (Å²) in [6, 6.07) is -0.533. The molecule has 0 saturated heterocycles. The summed E-state index contributed by atoms with van der Waals surface area (Å²) in [4.78, 5) is 11.4. The Morgan fingerprint density at radius 1 is 1.50 bits per heavy atom. The van der Waals surface area contributed by atoms with Gasteiger partial charge < -0.3 is 10.5 Å². The van der Waals surface area contributed by atoms with E-state index in [2.05, 4.69) is 6.58 Å². The number of ether oxygens (including phenoxy) is 1. The monoisotopic (exact) mass is 197 g/mol. The third kappa shape index (κ3) is 3.50. The lowest BCUT2D eigenvalue weighted by Crippen LogP contribution is -2.35. The van der Waals surface area contributed by atoms with Crippen molar-refractivity contribution in [3.8, 4) is 0 Å². The minimum atomic E-state index is -0.533. The molecule has 1 saturated carbocycles. The molecule has 3 nitrogen and oxygen atoms in total. The maximum Gasteiger partial charge on any atom is 0.323 e. The number of nitrogens with two attached hydrogens (primary N) is 1. The summed E-state index contributed by atoms with van der Waals surface area (Å²) in [5.41, 5.74) is 5.60. The largest absolute Gasteiger partial charge is 0.461 e. The number of hydrogen-bond donors (Lipinski definition) is 1. The van der Waals surface area contributed by atoms with E-state index in [1.807, 2.05) is 0 Å². The van der Waals surface area contributed by atoms with Crippen molar-refractivity contribution in [3.05, 3.63) is 12.7 Å². The summed E-state index contributed by atoms with van der Waals surface area (Å²) in [6.45, 7) is 3.54. The summed E-state index contributed by atoms with van der Waals surface area (Å²) in [7, 11) is 0. The van der Waals surface area contributed by atoms with Crippen molar-refractivity contribution in [2.75, 3.05) is 0 Å². The summed E-state index contributed by atoms with van der Waals surface area (Å²) in [6.07, 6.45) is 7.81. The third-order valence-corrected chi connectivity index (χ3v) is 2.56. The molecule has 0 aromatic rings. The number of carbonyl (C=O) groups excluding carboxylic acids is 1. The van der Waals surface area contributed by atoms with Crippen LogP contribution in [-0.2, 0) is 9.53 Å². The molecule has 14 heavy (non-hydrogen) atoms. The van der Waals surface area contributed by atoms with Crippen LogP contribution in [0.2, 0.25) is 0 Å². The van der Waals surface area contributed by atoms with Crippen LogP contribution in [0.3, 0.4) is 0 Å². The molecule has 1 aliphatic rings. The van der Waals surface area contributed by atoms with Crippen molar-refractivity contribution >= 4 is 5.97 Å². The van der Waals surface area contributed by atoms with Crippen molar-refractivity contribution in [1.29, 1.82) is 0 Å². The van der Waals surface area contributed by atoms with Crippen molar-refractivity contribution in [1.82, 2.24) is 0 Å². The SMILES string of the molecule is C=CCC(N)C(=O)OC1CCCCC1. The fourth-order valence-corrected chi connectivity index (χ4v) is 1.71. The molecule has 1 unspecified atom stereocenters. The zero-order valence-electron chi connectivity index (χ0n) is 8.58. The van der Waals surface area contributed by atoms with Crippen molar-refractivity contribution in [3.63, 3.8) is 0 Å². The Hall–Kier alpha value is -0.830. The van der Waals surface area contributed by atoms with E-state index in [1.54, 1.807) is 6.08 Å². The van der Waals surface area contributed by atoms with Gasteiger partial charge in [0.2, 0.25) is 0 Å². The van der Waals surface area contributed by atoms with Gasteiger partial charge in [0.1, 0.15) is 12.1 Å². The van der Waals surface area contributed by atoms with E-state index >= 15 is 0 Å². The highest BCUT2D eigenvalue weighted by atomic mass is 16.5. The van der Waals surface area contributed by atoms with E-state index in [1.165, 1.54) is 6.42 Å². The van der Waals surface area contributed by atoms with Gasteiger partial charge >= 0.3 is 5.97 Å². The van der Waals surface area contributed by atoms with Crippen molar-refractivity contribution < 1.29 is 9.53 Å². The number of esters is 1. The second-order valence-electron chi connectivity index (χ2n) is 3.83. The predicted octanol–water partition coefficient (Wildman–Crippen LogP) is 1.77. The number of hydrogen-bond acceptors (Lipinski definition) is 3. The zero-order chi connectivity index (χ0) is 10.4. The van der Waals surface area contributed by atoms with Crippen LogP contribution in [-0.4, -0.2) is 18.1 Å². The molecule has 0 bridgehead atoms. The van der Waals surface area contributed by atoms with Gasteiger partial charge in [-0.3, -0.25) is 4.79 Å². The minimum absolute atomic E-state index is 0.104. The maximum atomic E-state index is 11.4. The van der Waals surface area contributed by atoms with Gasteiger partial charge in [0.25, 0.3) is 0 Å². The lowest BCUT2D eigenvalue weighted by Gasteiger charge is -2.23. The van der Waals surface area contributed by atoms with Gasteiger partial charge in [0.15, 0.2) is 0 Å². The molecule has 0 heterocycles. The number of rotatable bonds is 4. The van der Waals surface area contributed by atoms with Gasteiger partial charge in [-0.05, 0) is 32.1 Å². The molecule has 80 valence electrons. The quantitative estimate of drug-likeness (QED) is 0.552. The Morgan fingerprint density at radius 2 is 2.14 bits per heavy atom. The Balaban J connectivity index is 2.27. The van der Waals surface area contributed by atoms with Crippen LogP contribution in [0.1, 0.15) is 38.5 Å². The van der Waals surface area contributed by atoms with E-state index in [-0.39, 0.29) is 12.1 Å².